The van der Waals surface area contributed by atoms with E-state index in [1.165, 1.54) is 11.8 Å². The fourth-order valence-corrected chi connectivity index (χ4v) is 4.16. The average molecular weight is 468 g/mol. The lowest BCUT2D eigenvalue weighted by Gasteiger charge is -2.10. The highest BCUT2D eigenvalue weighted by Gasteiger charge is 2.16. The molecule has 0 amide bonds. The van der Waals surface area contributed by atoms with Crippen LogP contribution in [0.15, 0.2) is 70.5 Å². The molecule has 0 radical (unpaired) electrons. The molecule has 3 rings (SSSR count). The highest BCUT2D eigenvalue weighted by molar-refractivity contribution is 8.04. The number of halogens is 4. The Hall–Kier alpha value is -1.42. The molecule has 0 unspecified atom stereocenters. The molecule has 0 N–H and O–H groups in total. The van der Waals surface area contributed by atoms with Crippen molar-refractivity contribution in [1.29, 1.82) is 0 Å². The summed E-state index contributed by atoms with van der Waals surface area (Å²) < 4.78 is 0. The second-order valence-corrected chi connectivity index (χ2v) is 8.82. The van der Waals surface area contributed by atoms with Crippen LogP contribution in [0, 0.1) is 6.92 Å². The smallest absolute Gasteiger partial charge is 0.199 e. The monoisotopic (exact) mass is 466 g/mol. The van der Waals surface area contributed by atoms with Gasteiger partial charge in [-0.25, -0.2) is 0 Å². The summed E-state index contributed by atoms with van der Waals surface area (Å²) in [4.78, 5) is 14.6. The summed E-state index contributed by atoms with van der Waals surface area (Å²) in [7, 11) is 0. The first kappa shape index (κ1) is 21.3. The molecule has 0 aliphatic carbocycles. The molecule has 28 heavy (non-hydrogen) atoms. The van der Waals surface area contributed by atoms with E-state index in [0.29, 0.717) is 36.1 Å². The summed E-state index contributed by atoms with van der Waals surface area (Å²) in [5.41, 5.74) is 2.25. The number of carbonyl (C=O) groups is 1. The second-order valence-electron chi connectivity index (χ2n) is 6.05. The Morgan fingerprint density at radius 1 is 0.857 bits per heavy atom. The molecule has 0 fully saturated rings. The molecule has 0 heterocycles. The number of Topliss-reactive ketones (excluding diaryl/α,β-unsaturated/α-hetero) is 1. The SMILES string of the molecule is Cc1ccc(S/C(=C/c2cc(Cl)cc(Cl)c2Cl)C(=O)c2ccc(Cl)cc2)cc1. The number of allylic oxidation sites excluding steroid dienone is 1. The van der Waals surface area contributed by atoms with Crippen LogP contribution in [0.4, 0.5) is 0 Å². The predicted octanol–water partition coefficient (Wildman–Crippen LogP) is 8.62. The van der Waals surface area contributed by atoms with Crippen molar-refractivity contribution in [3.8, 4) is 0 Å². The van der Waals surface area contributed by atoms with E-state index in [4.69, 9.17) is 46.4 Å². The van der Waals surface area contributed by atoms with E-state index in [1.807, 2.05) is 31.2 Å². The van der Waals surface area contributed by atoms with Gasteiger partial charge in [0.05, 0.1) is 15.0 Å². The number of rotatable bonds is 5. The van der Waals surface area contributed by atoms with E-state index in [1.54, 1.807) is 42.5 Å². The average Bonchev–Trinajstić information content (AvgIpc) is 2.67. The van der Waals surface area contributed by atoms with Gasteiger partial charge < -0.3 is 0 Å². The molecule has 0 aliphatic heterocycles. The zero-order valence-corrected chi connectivity index (χ0v) is 18.5. The first-order chi connectivity index (χ1) is 13.3. The first-order valence-electron chi connectivity index (χ1n) is 8.24. The third kappa shape index (κ3) is 5.34. The van der Waals surface area contributed by atoms with Crippen LogP contribution in [0.1, 0.15) is 21.5 Å². The van der Waals surface area contributed by atoms with E-state index in [-0.39, 0.29) is 5.78 Å². The Morgan fingerprint density at radius 2 is 1.50 bits per heavy atom. The summed E-state index contributed by atoms with van der Waals surface area (Å²) in [6.07, 6.45) is 1.71. The standard InChI is InChI=1S/C22H14Cl4OS/c1-13-2-8-18(9-3-13)28-20(22(27)14-4-6-16(23)7-5-14)11-15-10-17(24)12-19(25)21(15)26/h2-12H,1H3/b20-11+. The molecule has 0 aromatic heterocycles. The largest absolute Gasteiger partial charge is 0.288 e. The van der Waals surface area contributed by atoms with Crippen molar-refractivity contribution >= 4 is 70.0 Å². The van der Waals surface area contributed by atoms with Gasteiger partial charge in [0.25, 0.3) is 0 Å². The zero-order chi connectivity index (χ0) is 20.3. The molecule has 6 heteroatoms. The number of ketones is 1. The Bertz CT molecular complexity index is 1040. The van der Waals surface area contributed by atoms with Crippen molar-refractivity contribution in [2.24, 2.45) is 0 Å². The normalized spacial score (nSPS) is 11.5. The fraction of sp³-hybridized carbons (Fsp3) is 0.0455. The number of aryl methyl sites for hydroxylation is 1. The summed E-state index contributed by atoms with van der Waals surface area (Å²) >= 11 is 25.9. The Kier molecular flexibility index (Phi) is 7.14. The van der Waals surface area contributed by atoms with Gasteiger partial charge in [0.1, 0.15) is 0 Å². The number of benzene rings is 3. The quantitative estimate of drug-likeness (QED) is 0.161. The maximum atomic E-state index is 13.2. The Balaban J connectivity index is 2.06. The lowest BCUT2D eigenvalue weighted by atomic mass is 10.1. The van der Waals surface area contributed by atoms with Crippen LogP contribution < -0.4 is 0 Å². The van der Waals surface area contributed by atoms with Crippen LogP contribution in [0.25, 0.3) is 6.08 Å². The van der Waals surface area contributed by atoms with Crippen LogP contribution in [0.2, 0.25) is 20.1 Å². The molecule has 1 nitrogen and oxygen atoms in total. The minimum Gasteiger partial charge on any atom is -0.288 e. The number of thioether (sulfide) groups is 1. The van der Waals surface area contributed by atoms with E-state index >= 15 is 0 Å². The lowest BCUT2D eigenvalue weighted by Crippen LogP contribution is -2.01. The lowest BCUT2D eigenvalue weighted by molar-refractivity contribution is 0.104. The second kappa shape index (κ2) is 9.39. The number of hydrogen-bond donors (Lipinski definition) is 0. The minimum absolute atomic E-state index is 0.144. The van der Waals surface area contributed by atoms with E-state index in [2.05, 4.69) is 0 Å². The van der Waals surface area contributed by atoms with E-state index < -0.39 is 0 Å². The molecular weight excluding hydrogens is 454 g/mol. The predicted molar refractivity (Wildman–Crippen MR) is 122 cm³/mol. The van der Waals surface area contributed by atoms with Gasteiger partial charge >= 0.3 is 0 Å². The van der Waals surface area contributed by atoms with Gasteiger partial charge in [0, 0.05) is 20.5 Å². The summed E-state index contributed by atoms with van der Waals surface area (Å²) in [5.74, 6) is -0.144. The van der Waals surface area contributed by atoms with Crippen LogP contribution in [-0.2, 0) is 0 Å². The molecule has 0 saturated heterocycles. The molecule has 3 aromatic carbocycles. The zero-order valence-electron chi connectivity index (χ0n) is 14.7. The van der Waals surface area contributed by atoms with Gasteiger partial charge in [-0.05, 0) is 67.1 Å². The van der Waals surface area contributed by atoms with Gasteiger partial charge in [-0.1, -0.05) is 75.9 Å². The minimum atomic E-state index is -0.144. The van der Waals surface area contributed by atoms with Crippen molar-refractivity contribution < 1.29 is 4.79 Å². The van der Waals surface area contributed by atoms with E-state index in [0.717, 1.165) is 10.5 Å². The van der Waals surface area contributed by atoms with Crippen LogP contribution in [0.5, 0.6) is 0 Å². The van der Waals surface area contributed by atoms with Crippen molar-refractivity contribution in [2.75, 3.05) is 0 Å². The molecule has 0 spiro atoms. The first-order valence-corrected chi connectivity index (χ1v) is 10.6. The van der Waals surface area contributed by atoms with Crippen LogP contribution in [0.3, 0.4) is 0 Å². The summed E-state index contributed by atoms with van der Waals surface area (Å²) in [6.45, 7) is 2.01. The molecular formula is C22H14Cl4OS. The molecule has 0 atom stereocenters. The number of hydrogen-bond acceptors (Lipinski definition) is 2. The molecule has 0 saturated carbocycles. The maximum Gasteiger partial charge on any atom is 0.199 e. The third-order valence-corrected chi connectivity index (χ3v) is 6.20. The summed E-state index contributed by atoms with van der Waals surface area (Å²) in [5, 5.41) is 1.69. The topological polar surface area (TPSA) is 17.1 Å². The van der Waals surface area contributed by atoms with Gasteiger partial charge in [0.2, 0.25) is 0 Å². The van der Waals surface area contributed by atoms with Crippen LogP contribution >= 0.6 is 58.2 Å². The third-order valence-electron chi connectivity index (χ3n) is 3.89. The highest BCUT2D eigenvalue weighted by Crippen LogP contribution is 2.36. The molecule has 0 bridgehead atoms. The molecule has 3 aromatic rings. The summed E-state index contributed by atoms with van der Waals surface area (Å²) in [6, 6.07) is 17.9. The van der Waals surface area contributed by atoms with Crippen LogP contribution in [-0.4, -0.2) is 5.78 Å². The highest BCUT2D eigenvalue weighted by atomic mass is 35.5. The Morgan fingerprint density at radius 3 is 2.14 bits per heavy atom. The Labute approximate surface area is 188 Å². The van der Waals surface area contributed by atoms with Gasteiger partial charge in [-0.15, -0.1) is 0 Å². The number of carbonyl (C=O) groups excluding carboxylic acids is 1. The fourth-order valence-electron chi connectivity index (χ4n) is 2.44. The van der Waals surface area contributed by atoms with Gasteiger partial charge in [-0.2, -0.15) is 0 Å². The van der Waals surface area contributed by atoms with E-state index in [9.17, 15) is 4.79 Å². The van der Waals surface area contributed by atoms with Crippen molar-refractivity contribution in [3.63, 3.8) is 0 Å². The molecule has 0 aliphatic rings. The van der Waals surface area contributed by atoms with Crippen molar-refractivity contribution in [1.82, 2.24) is 0 Å². The van der Waals surface area contributed by atoms with Crippen molar-refractivity contribution in [2.45, 2.75) is 11.8 Å². The maximum absolute atomic E-state index is 13.2. The van der Waals surface area contributed by atoms with Gasteiger partial charge in [0.15, 0.2) is 5.78 Å². The molecule has 142 valence electrons. The van der Waals surface area contributed by atoms with Gasteiger partial charge in [-0.3, -0.25) is 4.79 Å². The van der Waals surface area contributed by atoms with Crippen molar-refractivity contribution in [3.05, 3.63) is 102 Å².